The average Bonchev–Trinajstić information content (AvgIpc) is 2.60. The average molecular weight is 325 g/mol. The Hall–Kier alpha value is -2.82. The molecule has 0 fully saturated rings. The van der Waals surface area contributed by atoms with Crippen LogP contribution in [0.4, 0.5) is 11.4 Å². The van der Waals surface area contributed by atoms with Gasteiger partial charge in [0.15, 0.2) is 0 Å². The van der Waals surface area contributed by atoms with E-state index in [1.54, 1.807) is 32.3 Å². The minimum absolute atomic E-state index is 0.0695. The second-order valence-corrected chi connectivity index (χ2v) is 5.69. The maximum Gasteiger partial charge on any atom is 0.253 e. The summed E-state index contributed by atoms with van der Waals surface area (Å²) >= 11 is 0. The highest BCUT2D eigenvalue weighted by atomic mass is 16.2. The minimum Gasteiger partial charge on any atom is -0.376 e. The van der Waals surface area contributed by atoms with Crippen molar-refractivity contribution in [2.45, 2.75) is 13.3 Å². The van der Waals surface area contributed by atoms with Crippen molar-refractivity contribution >= 4 is 23.2 Å². The number of hydrogen-bond acceptors (Lipinski definition) is 3. The van der Waals surface area contributed by atoms with Crippen LogP contribution in [0.5, 0.6) is 0 Å². The second kappa shape index (κ2) is 8.15. The number of carbonyl (C=O) groups is 2. The first-order valence-corrected chi connectivity index (χ1v) is 7.94. The zero-order valence-corrected chi connectivity index (χ0v) is 14.3. The van der Waals surface area contributed by atoms with E-state index >= 15 is 0 Å². The molecule has 126 valence electrons. The molecule has 2 amide bonds. The Balaban J connectivity index is 1.97. The van der Waals surface area contributed by atoms with E-state index in [2.05, 4.69) is 17.6 Å². The lowest BCUT2D eigenvalue weighted by molar-refractivity contribution is -0.114. The predicted octanol–water partition coefficient (Wildman–Crippen LogP) is 3.00. The molecule has 0 aliphatic rings. The van der Waals surface area contributed by atoms with Crippen LogP contribution >= 0.6 is 0 Å². The number of hydrogen-bond donors (Lipinski definition) is 2. The molecular formula is C19H23N3O2. The van der Waals surface area contributed by atoms with Gasteiger partial charge in [-0.25, -0.2) is 0 Å². The van der Waals surface area contributed by atoms with Gasteiger partial charge in [0.25, 0.3) is 5.91 Å². The van der Waals surface area contributed by atoms with Crippen LogP contribution in [0.1, 0.15) is 22.8 Å². The van der Waals surface area contributed by atoms with Crippen molar-refractivity contribution in [3.63, 3.8) is 0 Å². The molecule has 0 atom stereocenters. The number of anilines is 2. The Morgan fingerprint density at radius 1 is 1.04 bits per heavy atom. The van der Waals surface area contributed by atoms with E-state index in [1.165, 1.54) is 4.90 Å². The Kier molecular flexibility index (Phi) is 5.95. The Bertz CT molecular complexity index is 726. The van der Waals surface area contributed by atoms with Gasteiger partial charge < -0.3 is 15.5 Å². The topological polar surface area (TPSA) is 61.4 Å². The maximum atomic E-state index is 12.1. The van der Waals surface area contributed by atoms with E-state index < -0.39 is 0 Å². The number of nitrogens with zero attached hydrogens (tertiary/aromatic N) is 1. The van der Waals surface area contributed by atoms with Crippen LogP contribution in [0.15, 0.2) is 48.5 Å². The second-order valence-electron chi connectivity index (χ2n) is 5.69. The summed E-state index contributed by atoms with van der Waals surface area (Å²) in [5, 5.41) is 5.96. The summed E-state index contributed by atoms with van der Waals surface area (Å²) in [7, 11) is 3.42. The molecule has 0 radical (unpaired) electrons. The van der Waals surface area contributed by atoms with Crippen molar-refractivity contribution < 1.29 is 9.59 Å². The molecule has 5 nitrogen and oxygen atoms in total. The molecule has 0 unspecified atom stereocenters. The molecule has 24 heavy (non-hydrogen) atoms. The molecule has 5 heteroatoms. The molecule has 0 saturated carbocycles. The largest absolute Gasteiger partial charge is 0.376 e. The quantitative estimate of drug-likeness (QED) is 0.858. The van der Waals surface area contributed by atoms with Gasteiger partial charge >= 0.3 is 0 Å². The smallest absolute Gasteiger partial charge is 0.253 e. The first kappa shape index (κ1) is 17.5. The van der Waals surface area contributed by atoms with E-state index in [1.807, 2.05) is 30.3 Å². The summed E-state index contributed by atoms with van der Waals surface area (Å²) in [6.07, 6.45) is 0.860. The van der Waals surface area contributed by atoms with Crippen LogP contribution in [-0.4, -0.2) is 37.4 Å². The highest BCUT2D eigenvalue weighted by Gasteiger charge is 2.09. The van der Waals surface area contributed by atoms with Crippen molar-refractivity contribution in [1.82, 2.24) is 4.90 Å². The summed E-state index contributed by atoms with van der Waals surface area (Å²) in [6.45, 7) is 2.19. The van der Waals surface area contributed by atoms with Gasteiger partial charge in [-0.15, -0.1) is 0 Å². The molecule has 0 spiro atoms. The number of rotatable bonds is 6. The fraction of sp³-hybridized carbons (Fsp3) is 0.263. The number of carbonyl (C=O) groups excluding carboxylic acids is 2. The number of nitrogens with one attached hydrogen (secondary N) is 2. The summed E-state index contributed by atoms with van der Waals surface area (Å²) < 4.78 is 0. The van der Waals surface area contributed by atoms with Crippen molar-refractivity contribution in [2.75, 3.05) is 31.3 Å². The van der Waals surface area contributed by atoms with E-state index in [-0.39, 0.29) is 18.4 Å². The highest BCUT2D eigenvalue weighted by molar-refractivity contribution is 5.96. The molecule has 2 rings (SSSR count). The predicted molar refractivity (Wildman–Crippen MR) is 97.4 cm³/mol. The van der Waals surface area contributed by atoms with Crippen LogP contribution in [0.3, 0.4) is 0 Å². The summed E-state index contributed by atoms with van der Waals surface area (Å²) in [5.74, 6) is -0.194. The Morgan fingerprint density at radius 3 is 2.50 bits per heavy atom. The third-order valence-electron chi connectivity index (χ3n) is 3.64. The first-order valence-electron chi connectivity index (χ1n) is 7.94. The van der Waals surface area contributed by atoms with Crippen molar-refractivity contribution in [3.8, 4) is 0 Å². The molecule has 0 saturated heterocycles. The van der Waals surface area contributed by atoms with Crippen molar-refractivity contribution in [2.24, 2.45) is 0 Å². The first-order chi connectivity index (χ1) is 11.5. The third kappa shape index (κ3) is 4.59. The SMILES string of the molecule is CCc1ccccc1NC(=O)CNc1cccc(C(=O)N(C)C)c1. The highest BCUT2D eigenvalue weighted by Crippen LogP contribution is 2.16. The molecular weight excluding hydrogens is 302 g/mol. The zero-order valence-electron chi connectivity index (χ0n) is 14.3. The van der Waals surface area contributed by atoms with Gasteiger partial charge in [0.2, 0.25) is 5.91 Å². The molecule has 0 aliphatic heterocycles. The monoisotopic (exact) mass is 325 g/mol. The fourth-order valence-electron chi connectivity index (χ4n) is 2.35. The molecule has 0 bridgehead atoms. The van der Waals surface area contributed by atoms with Crippen LogP contribution in [-0.2, 0) is 11.2 Å². The van der Waals surface area contributed by atoms with Crippen LogP contribution in [0.25, 0.3) is 0 Å². The van der Waals surface area contributed by atoms with E-state index in [9.17, 15) is 9.59 Å². The third-order valence-corrected chi connectivity index (χ3v) is 3.64. The van der Waals surface area contributed by atoms with Gasteiger partial charge in [0.1, 0.15) is 0 Å². The maximum absolute atomic E-state index is 12.1. The lowest BCUT2D eigenvalue weighted by atomic mass is 10.1. The van der Waals surface area contributed by atoms with E-state index in [4.69, 9.17) is 0 Å². The number of benzene rings is 2. The van der Waals surface area contributed by atoms with E-state index in [0.717, 1.165) is 23.4 Å². The lowest BCUT2D eigenvalue weighted by Crippen LogP contribution is -2.23. The van der Waals surface area contributed by atoms with Gasteiger partial charge in [0.05, 0.1) is 6.54 Å². The fourth-order valence-corrected chi connectivity index (χ4v) is 2.35. The van der Waals surface area contributed by atoms with Gasteiger partial charge in [-0.2, -0.15) is 0 Å². The number of para-hydroxylation sites is 1. The summed E-state index contributed by atoms with van der Waals surface area (Å²) in [4.78, 5) is 25.6. The standard InChI is InChI=1S/C19H23N3O2/c1-4-14-8-5-6-11-17(14)21-18(23)13-20-16-10-7-9-15(12-16)19(24)22(2)3/h5-12,20H,4,13H2,1-3H3,(H,21,23). The van der Waals surface area contributed by atoms with Gasteiger partial charge in [-0.3, -0.25) is 9.59 Å². The Morgan fingerprint density at radius 2 is 1.79 bits per heavy atom. The molecule has 0 aromatic heterocycles. The summed E-state index contributed by atoms with van der Waals surface area (Å²) in [6, 6.07) is 14.9. The van der Waals surface area contributed by atoms with Crippen LogP contribution in [0.2, 0.25) is 0 Å². The number of aryl methyl sites for hydroxylation is 1. The lowest BCUT2D eigenvalue weighted by Gasteiger charge is -2.13. The molecule has 2 N–H and O–H groups in total. The number of amides is 2. The van der Waals surface area contributed by atoms with Gasteiger partial charge in [0, 0.05) is 31.0 Å². The summed E-state index contributed by atoms with van der Waals surface area (Å²) in [5.41, 5.74) is 3.26. The molecule has 2 aromatic carbocycles. The van der Waals surface area contributed by atoms with Crippen LogP contribution in [0, 0.1) is 0 Å². The molecule has 0 aliphatic carbocycles. The van der Waals surface area contributed by atoms with Crippen LogP contribution < -0.4 is 10.6 Å². The normalized spacial score (nSPS) is 10.1. The Labute approximate surface area is 142 Å². The van der Waals surface area contributed by atoms with Crippen molar-refractivity contribution in [3.05, 3.63) is 59.7 Å². The minimum atomic E-state index is -0.125. The zero-order chi connectivity index (χ0) is 17.5. The molecule has 2 aromatic rings. The molecule has 0 heterocycles. The van der Waals surface area contributed by atoms with Crippen molar-refractivity contribution in [1.29, 1.82) is 0 Å². The van der Waals surface area contributed by atoms with Gasteiger partial charge in [-0.05, 0) is 36.2 Å². The van der Waals surface area contributed by atoms with E-state index in [0.29, 0.717) is 5.56 Å². The van der Waals surface area contributed by atoms with Gasteiger partial charge in [-0.1, -0.05) is 31.2 Å².